The third kappa shape index (κ3) is 4.20. The predicted molar refractivity (Wildman–Crippen MR) is 110 cm³/mol. The number of hydrogen-bond donors (Lipinski definition) is 0. The van der Waals surface area contributed by atoms with Crippen LogP contribution in [0.25, 0.3) is 21.3 Å². The Morgan fingerprint density at radius 3 is 2.52 bits per heavy atom. The van der Waals surface area contributed by atoms with Crippen LogP contribution in [0.4, 0.5) is 4.39 Å². The van der Waals surface area contributed by atoms with Crippen molar-refractivity contribution in [2.45, 2.75) is 6.54 Å². The maximum absolute atomic E-state index is 13.2. The molecule has 4 rings (SSSR count). The Bertz CT molecular complexity index is 1310. The number of aromatic nitrogens is 2. The van der Waals surface area contributed by atoms with E-state index < -0.39 is 10.1 Å². The molecule has 0 atom stereocenters. The molecule has 0 N–H and O–H groups in total. The van der Waals surface area contributed by atoms with E-state index in [0.29, 0.717) is 21.3 Å². The maximum atomic E-state index is 13.2. The topological polar surface area (TPSA) is 78.3 Å². The van der Waals surface area contributed by atoms with E-state index in [0.717, 1.165) is 0 Å². The summed E-state index contributed by atoms with van der Waals surface area (Å²) >= 11 is 1.30. The fourth-order valence-corrected chi connectivity index (χ4v) is 4.66. The molecule has 0 amide bonds. The second-order valence-electron chi connectivity index (χ2n) is 6.24. The lowest BCUT2D eigenvalue weighted by molar-refractivity contribution is 0.480. The molecule has 29 heavy (non-hydrogen) atoms. The highest BCUT2D eigenvalue weighted by atomic mass is 32.2. The summed E-state index contributed by atoms with van der Waals surface area (Å²) in [5.74, 6) is -0.539. The molecule has 0 radical (unpaired) electrons. The lowest BCUT2D eigenvalue weighted by atomic mass is 10.1. The number of hydrogen-bond acceptors (Lipinski definition) is 6. The van der Waals surface area contributed by atoms with Gasteiger partial charge in [-0.3, -0.25) is 9.36 Å². The number of fused-ring (bicyclic) bond motifs is 1. The van der Waals surface area contributed by atoms with Crippen LogP contribution < -0.4 is 9.74 Å². The average Bonchev–Trinajstić information content (AvgIpc) is 3.13. The first-order valence-electron chi connectivity index (χ1n) is 8.63. The highest BCUT2D eigenvalue weighted by molar-refractivity contribution is 7.87. The van der Waals surface area contributed by atoms with Gasteiger partial charge in [-0.1, -0.05) is 30.3 Å². The number of nitrogens with zero attached hydrogens (tertiary/aromatic N) is 2. The minimum Gasteiger partial charge on any atom is -0.382 e. The van der Waals surface area contributed by atoms with Gasteiger partial charge in [-0.05, 0) is 29.8 Å². The SMILES string of the molecule is O=c1c2c(-c3ccc(F)cc3)csc2ncn1CCS(=O)(=O)Oc1ccccc1. The fraction of sp³-hybridized carbons (Fsp3) is 0.100. The number of benzene rings is 2. The van der Waals surface area contributed by atoms with Crippen LogP contribution in [0.1, 0.15) is 0 Å². The summed E-state index contributed by atoms with van der Waals surface area (Å²) in [6.07, 6.45) is 1.33. The molecule has 9 heteroatoms. The molecule has 0 aliphatic carbocycles. The highest BCUT2D eigenvalue weighted by Gasteiger charge is 2.17. The molecule has 0 bridgehead atoms. The van der Waals surface area contributed by atoms with E-state index >= 15 is 0 Å². The van der Waals surface area contributed by atoms with Gasteiger partial charge >= 0.3 is 10.1 Å². The van der Waals surface area contributed by atoms with Gasteiger partial charge in [0.25, 0.3) is 5.56 Å². The largest absolute Gasteiger partial charge is 0.382 e. The monoisotopic (exact) mass is 430 g/mol. The number of para-hydroxylation sites is 1. The number of thiophene rings is 1. The quantitative estimate of drug-likeness (QED) is 0.436. The summed E-state index contributed by atoms with van der Waals surface area (Å²) in [4.78, 5) is 17.7. The molecular formula is C20H15FN2O4S2. The highest BCUT2D eigenvalue weighted by Crippen LogP contribution is 2.30. The zero-order valence-electron chi connectivity index (χ0n) is 15.0. The van der Waals surface area contributed by atoms with Crippen LogP contribution in [0.3, 0.4) is 0 Å². The van der Waals surface area contributed by atoms with Crippen LogP contribution in [0.15, 0.2) is 71.1 Å². The average molecular weight is 430 g/mol. The van der Waals surface area contributed by atoms with E-state index in [9.17, 15) is 17.6 Å². The standard InChI is InChI=1S/C20H15FN2O4S2/c21-15-8-6-14(7-9-15)17-12-28-19-18(17)20(24)23(13-22-19)10-11-29(25,26)27-16-4-2-1-3-5-16/h1-9,12-13H,10-11H2. The van der Waals surface area contributed by atoms with Crippen LogP contribution in [-0.4, -0.2) is 23.7 Å². The molecule has 0 saturated heterocycles. The van der Waals surface area contributed by atoms with Crippen molar-refractivity contribution in [2.75, 3.05) is 5.75 Å². The summed E-state index contributed by atoms with van der Waals surface area (Å²) in [7, 11) is -3.88. The molecule has 0 saturated carbocycles. The smallest absolute Gasteiger partial charge is 0.310 e. The van der Waals surface area contributed by atoms with E-state index in [1.807, 2.05) is 0 Å². The minimum absolute atomic E-state index is 0.102. The molecule has 148 valence electrons. The van der Waals surface area contributed by atoms with E-state index in [2.05, 4.69) is 4.98 Å². The van der Waals surface area contributed by atoms with Crippen LogP contribution in [0.5, 0.6) is 5.75 Å². The van der Waals surface area contributed by atoms with Crippen LogP contribution >= 0.6 is 11.3 Å². The van der Waals surface area contributed by atoms with E-state index in [4.69, 9.17) is 4.18 Å². The third-order valence-electron chi connectivity index (χ3n) is 4.26. The number of halogens is 1. The van der Waals surface area contributed by atoms with E-state index in [1.54, 1.807) is 35.7 Å². The minimum atomic E-state index is -3.88. The molecule has 2 heterocycles. The van der Waals surface area contributed by atoms with Gasteiger partial charge in [0.2, 0.25) is 0 Å². The lowest BCUT2D eigenvalue weighted by Gasteiger charge is -2.08. The predicted octanol–water partition coefficient (Wildman–Crippen LogP) is 3.67. The Morgan fingerprint density at radius 1 is 1.07 bits per heavy atom. The molecule has 2 aromatic carbocycles. The van der Waals surface area contributed by atoms with Crippen LogP contribution in [0, 0.1) is 5.82 Å². The number of rotatable bonds is 6. The Morgan fingerprint density at radius 2 is 1.79 bits per heavy atom. The van der Waals surface area contributed by atoms with Gasteiger partial charge < -0.3 is 4.18 Å². The second kappa shape index (κ2) is 7.76. The second-order valence-corrected chi connectivity index (χ2v) is 8.79. The maximum Gasteiger partial charge on any atom is 0.310 e. The normalized spacial score (nSPS) is 11.6. The summed E-state index contributed by atoms with van der Waals surface area (Å²) in [6.45, 7) is -0.102. The van der Waals surface area contributed by atoms with Crippen LogP contribution in [-0.2, 0) is 16.7 Å². The zero-order chi connectivity index (χ0) is 20.4. The Labute approximate surface area is 170 Å². The first kappa shape index (κ1) is 19.3. The van der Waals surface area contributed by atoms with Gasteiger partial charge in [-0.15, -0.1) is 11.3 Å². The van der Waals surface area contributed by atoms with Crippen molar-refractivity contribution in [1.82, 2.24) is 9.55 Å². The zero-order valence-corrected chi connectivity index (χ0v) is 16.6. The summed E-state index contributed by atoms with van der Waals surface area (Å²) in [5.41, 5.74) is 0.972. The molecule has 4 aromatic rings. The van der Waals surface area contributed by atoms with Crippen molar-refractivity contribution in [2.24, 2.45) is 0 Å². The Kier molecular flexibility index (Phi) is 5.16. The number of aryl methyl sites for hydroxylation is 1. The first-order chi connectivity index (χ1) is 13.9. The van der Waals surface area contributed by atoms with Gasteiger partial charge in [0.15, 0.2) is 0 Å². The van der Waals surface area contributed by atoms with Gasteiger partial charge in [0.1, 0.15) is 22.1 Å². The fourth-order valence-electron chi connectivity index (χ4n) is 2.84. The first-order valence-corrected chi connectivity index (χ1v) is 11.1. The van der Waals surface area contributed by atoms with Crippen molar-refractivity contribution in [3.05, 3.63) is 82.5 Å². The Hall–Kier alpha value is -3.04. The van der Waals surface area contributed by atoms with Gasteiger partial charge in [-0.25, -0.2) is 9.37 Å². The van der Waals surface area contributed by atoms with Crippen molar-refractivity contribution in [1.29, 1.82) is 0 Å². The molecule has 0 aliphatic rings. The molecular weight excluding hydrogens is 415 g/mol. The van der Waals surface area contributed by atoms with Crippen molar-refractivity contribution < 1.29 is 17.0 Å². The molecule has 0 spiro atoms. The van der Waals surface area contributed by atoms with Gasteiger partial charge in [0, 0.05) is 17.5 Å². The van der Waals surface area contributed by atoms with Gasteiger partial charge in [0.05, 0.1) is 11.7 Å². The van der Waals surface area contributed by atoms with Crippen molar-refractivity contribution >= 4 is 31.7 Å². The van der Waals surface area contributed by atoms with E-state index in [-0.39, 0.29) is 29.4 Å². The Balaban J connectivity index is 1.62. The lowest BCUT2D eigenvalue weighted by Crippen LogP contribution is -2.26. The molecule has 0 aliphatic heterocycles. The van der Waals surface area contributed by atoms with E-state index in [1.165, 1.54) is 46.5 Å². The van der Waals surface area contributed by atoms with Gasteiger partial charge in [-0.2, -0.15) is 8.42 Å². The molecule has 0 unspecified atom stereocenters. The molecule has 6 nitrogen and oxygen atoms in total. The third-order valence-corrected chi connectivity index (χ3v) is 6.28. The van der Waals surface area contributed by atoms with Crippen molar-refractivity contribution in [3.63, 3.8) is 0 Å². The summed E-state index contributed by atoms with van der Waals surface area (Å²) < 4.78 is 44.0. The van der Waals surface area contributed by atoms with Crippen molar-refractivity contribution in [3.8, 4) is 16.9 Å². The summed E-state index contributed by atoms with van der Waals surface area (Å²) in [6, 6.07) is 14.0. The molecule has 2 aromatic heterocycles. The van der Waals surface area contributed by atoms with Crippen LogP contribution in [0.2, 0.25) is 0 Å². The molecule has 0 fully saturated rings. The summed E-state index contributed by atoms with van der Waals surface area (Å²) in [5, 5.41) is 2.16.